The summed E-state index contributed by atoms with van der Waals surface area (Å²) in [5, 5.41) is 0. The summed E-state index contributed by atoms with van der Waals surface area (Å²) in [6, 6.07) is 0. The smallest absolute Gasteiger partial charge is 0.0594 e. The second kappa shape index (κ2) is 34.1. The highest BCUT2D eigenvalue weighted by Gasteiger charge is 2.08. The second-order valence-corrected chi connectivity index (χ2v) is 12.4. The molecular weight excluding hydrogens is 476 g/mol. The molecule has 0 N–H and O–H groups in total. The van der Waals surface area contributed by atoms with Crippen LogP contribution in [0.5, 0.6) is 0 Å². The third kappa shape index (κ3) is 30.7. The third-order valence-corrected chi connectivity index (χ3v) is 8.42. The molecule has 0 aromatic heterocycles. The van der Waals surface area contributed by atoms with Crippen molar-refractivity contribution in [2.24, 2.45) is 0 Å². The van der Waals surface area contributed by atoms with E-state index in [4.69, 9.17) is 4.74 Å². The van der Waals surface area contributed by atoms with Gasteiger partial charge in [0, 0.05) is 13.1 Å². The highest BCUT2D eigenvalue weighted by molar-refractivity contribution is 4.62. The Morgan fingerprint density at radius 1 is 0.282 bits per heavy atom. The van der Waals surface area contributed by atoms with Crippen LogP contribution < -0.4 is 0 Å². The molecule has 0 unspecified atom stereocenters. The summed E-state index contributed by atoms with van der Waals surface area (Å²) in [4.78, 5) is 5.42. The zero-order valence-corrected chi connectivity index (χ0v) is 27.9. The lowest BCUT2D eigenvalue weighted by Gasteiger charge is -2.24. The van der Waals surface area contributed by atoms with Crippen LogP contribution >= 0.6 is 0 Å². The van der Waals surface area contributed by atoms with E-state index in [1.807, 2.05) is 0 Å². The molecule has 0 heterocycles. The molecule has 3 nitrogen and oxygen atoms in total. The van der Waals surface area contributed by atoms with Gasteiger partial charge in [0.2, 0.25) is 0 Å². The molecule has 0 aromatic carbocycles. The van der Waals surface area contributed by atoms with Gasteiger partial charge >= 0.3 is 0 Å². The Kier molecular flexibility index (Phi) is 34.0. The average Bonchev–Trinajstić information content (AvgIpc) is 2.95. The number of hydrogen-bond acceptors (Lipinski definition) is 3. The first-order valence-corrected chi connectivity index (χ1v) is 18.3. The van der Waals surface area contributed by atoms with E-state index < -0.39 is 0 Å². The van der Waals surface area contributed by atoms with Crippen LogP contribution in [0.3, 0.4) is 0 Å². The van der Waals surface area contributed by atoms with Crippen molar-refractivity contribution in [2.75, 3.05) is 52.5 Å². The van der Waals surface area contributed by atoms with Crippen LogP contribution in [0.1, 0.15) is 182 Å². The van der Waals surface area contributed by atoms with Crippen molar-refractivity contribution in [1.82, 2.24) is 9.80 Å². The summed E-state index contributed by atoms with van der Waals surface area (Å²) in [5.74, 6) is 0. The number of hydrogen-bond donors (Lipinski definition) is 0. The molecule has 0 aromatic rings. The fourth-order valence-corrected chi connectivity index (χ4v) is 5.62. The number of rotatable bonds is 34. The average molecular weight is 553 g/mol. The molecule has 0 rings (SSSR count). The fourth-order valence-electron chi connectivity index (χ4n) is 5.62. The minimum absolute atomic E-state index is 0.910. The molecule has 0 bridgehead atoms. The van der Waals surface area contributed by atoms with Gasteiger partial charge in [-0.25, -0.2) is 0 Å². The molecule has 0 aliphatic rings. The monoisotopic (exact) mass is 553 g/mol. The Morgan fingerprint density at radius 3 is 0.769 bits per heavy atom. The van der Waals surface area contributed by atoms with E-state index in [0.717, 1.165) is 26.3 Å². The lowest BCUT2D eigenvalue weighted by Crippen LogP contribution is -2.32. The molecule has 0 saturated heterocycles. The molecule has 0 aliphatic carbocycles. The SMILES string of the molecule is CCCCCCCCN(CCCCCCCC)CCOCCN(CCCCCCCC)CCCCCCCC. The van der Waals surface area contributed by atoms with Gasteiger partial charge in [-0.2, -0.15) is 0 Å². The maximum atomic E-state index is 6.25. The zero-order chi connectivity index (χ0) is 28.5. The number of nitrogens with zero attached hydrogens (tertiary/aromatic N) is 2. The van der Waals surface area contributed by atoms with Gasteiger partial charge in [0.25, 0.3) is 0 Å². The standard InChI is InChI=1S/C36H76N2O/c1-5-9-13-17-21-25-29-37(30-26-22-18-14-10-6-2)33-35-39-36-34-38(31-27-23-19-15-11-7-3)32-28-24-20-16-12-8-4/h5-36H2,1-4H3. The minimum Gasteiger partial charge on any atom is -0.379 e. The van der Waals surface area contributed by atoms with E-state index in [1.165, 1.54) is 180 Å². The van der Waals surface area contributed by atoms with E-state index in [1.54, 1.807) is 0 Å². The van der Waals surface area contributed by atoms with Gasteiger partial charge in [0.1, 0.15) is 0 Å². The van der Waals surface area contributed by atoms with Crippen LogP contribution in [-0.2, 0) is 4.74 Å². The Morgan fingerprint density at radius 2 is 0.513 bits per heavy atom. The number of unbranched alkanes of at least 4 members (excludes halogenated alkanes) is 20. The Balaban J connectivity index is 4.30. The van der Waals surface area contributed by atoms with Crippen molar-refractivity contribution in [3.8, 4) is 0 Å². The highest BCUT2D eigenvalue weighted by atomic mass is 16.5. The van der Waals surface area contributed by atoms with Crippen molar-refractivity contribution < 1.29 is 4.74 Å². The normalized spacial score (nSPS) is 11.8. The lowest BCUT2D eigenvalue weighted by atomic mass is 10.1. The molecule has 236 valence electrons. The first-order valence-electron chi connectivity index (χ1n) is 18.3. The van der Waals surface area contributed by atoms with Crippen molar-refractivity contribution in [3.05, 3.63) is 0 Å². The second-order valence-electron chi connectivity index (χ2n) is 12.4. The summed E-state index contributed by atoms with van der Waals surface area (Å²) < 4.78 is 6.25. The zero-order valence-electron chi connectivity index (χ0n) is 27.9. The molecule has 39 heavy (non-hydrogen) atoms. The van der Waals surface area contributed by atoms with Crippen LogP contribution in [0.2, 0.25) is 0 Å². The maximum absolute atomic E-state index is 6.25. The molecule has 0 atom stereocenters. The topological polar surface area (TPSA) is 15.7 Å². The van der Waals surface area contributed by atoms with Crippen LogP contribution in [0.15, 0.2) is 0 Å². The van der Waals surface area contributed by atoms with Crippen molar-refractivity contribution in [1.29, 1.82) is 0 Å². The van der Waals surface area contributed by atoms with Gasteiger partial charge in [-0.05, 0) is 51.9 Å². The van der Waals surface area contributed by atoms with E-state index in [0.29, 0.717) is 0 Å². The summed E-state index contributed by atoms with van der Waals surface area (Å²) in [5.41, 5.74) is 0. The maximum Gasteiger partial charge on any atom is 0.0594 e. The van der Waals surface area contributed by atoms with Gasteiger partial charge in [-0.15, -0.1) is 0 Å². The lowest BCUT2D eigenvalue weighted by molar-refractivity contribution is 0.0808. The van der Waals surface area contributed by atoms with Gasteiger partial charge in [0.15, 0.2) is 0 Å². The third-order valence-electron chi connectivity index (χ3n) is 8.42. The predicted molar refractivity (Wildman–Crippen MR) is 177 cm³/mol. The van der Waals surface area contributed by atoms with Crippen molar-refractivity contribution in [3.63, 3.8) is 0 Å². The van der Waals surface area contributed by atoms with E-state index in [-0.39, 0.29) is 0 Å². The predicted octanol–water partition coefficient (Wildman–Crippen LogP) is 11.0. The molecule has 0 fully saturated rings. The molecule has 0 aliphatic heterocycles. The molecule has 0 saturated carbocycles. The first kappa shape index (κ1) is 38.9. The van der Waals surface area contributed by atoms with E-state index in [2.05, 4.69) is 37.5 Å². The summed E-state index contributed by atoms with van der Waals surface area (Å²) in [7, 11) is 0. The van der Waals surface area contributed by atoms with Crippen LogP contribution in [0.25, 0.3) is 0 Å². The van der Waals surface area contributed by atoms with Gasteiger partial charge in [-0.3, -0.25) is 0 Å². The van der Waals surface area contributed by atoms with Crippen LogP contribution in [0.4, 0.5) is 0 Å². The molecule has 3 heteroatoms. The summed E-state index contributed by atoms with van der Waals surface area (Å²) in [6.07, 6.45) is 33.4. The van der Waals surface area contributed by atoms with Crippen LogP contribution in [-0.4, -0.2) is 62.3 Å². The van der Waals surface area contributed by atoms with Crippen molar-refractivity contribution >= 4 is 0 Å². The Hall–Kier alpha value is -0.120. The minimum atomic E-state index is 0.910. The van der Waals surface area contributed by atoms with Crippen molar-refractivity contribution in [2.45, 2.75) is 182 Å². The molecule has 0 amide bonds. The van der Waals surface area contributed by atoms with Crippen LogP contribution in [0, 0.1) is 0 Å². The van der Waals surface area contributed by atoms with Gasteiger partial charge in [0.05, 0.1) is 13.2 Å². The number of ether oxygens (including phenoxy) is 1. The molecular formula is C36H76N2O. The fraction of sp³-hybridized carbons (Fsp3) is 1.00. The summed E-state index contributed by atoms with van der Waals surface area (Å²) >= 11 is 0. The van der Waals surface area contributed by atoms with Gasteiger partial charge in [-0.1, -0.05) is 156 Å². The summed E-state index contributed by atoms with van der Waals surface area (Å²) in [6.45, 7) is 18.4. The Bertz CT molecular complexity index is 360. The molecule has 0 radical (unpaired) electrons. The largest absolute Gasteiger partial charge is 0.379 e. The quantitative estimate of drug-likeness (QED) is 0.0738. The first-order chi connectivity index (χ1) is 19.3. The van der Waals surface area contributed by atoms with Gasteiger partial charge < -0.3 is 14.5 Å². The molecule has 0 spiro atoms. The highest BCUT2D eigenvalue weighted by Crippen LogP contribution is 2.11. The van der Waals surface area contributed by atoms with E-state index in [9.17, 15) is 0 Å². The van der Waals surface area contributed by atoms with E-state index >= 15 is 0 Å². The Labute approximate surface area is 248 Å².